The van der Waals surface area contributed by atoms with Gasteiger partial charge in [-0.3, -0.25) is 0 Å². The molecule has 0 fully saturated rings. The summed E-state index contributed by atoms with van der Waals surface area (Å²) in [5.74, 6) is -0.561. The number of aromatic nitrogens is 3. The zero-order valence-corrected chi connectivity index (χ0v) is 16.6. The number of anilines is 3. The highest BCUT2D eigenvalue weighted by molar-refractivity contribution is 5.89. The molecule has 0 atom stereocenters. The Morgan fingerprint density at radius 3 is 2.40 bits per heavy atom. The number of hydrogen-bond donors (Lipinski definition) is 2. The molecule has 30 heavy (non-hydrogen) atoms. The number of nitrogens with one attached hydrogen (secondary N) is 1. The molecule has 0 unspecified atom stereocenters. The summed E-state index contributed by atoms with van der Waals surface area (Å²) in [5, 5.41) is 2.90. The number of esters is 1. The summed E-state index contributed by atoms with van der Waals surface area (Å²) in [4.78, 5) is 24.4. The van der Waals surface area contributed by atoms with Gasteiger partial charge in [0.15, 0.2) is 12.4 Å². The van der Waals surface area contributed by atoms with E-state index in [1.165, 1.54) is 24.3 Å². The van der Waals surface area contributed by atoms with Gasteiger partial charge in [0.2, 0.25) is 11.9 Å². The number of ether oxygens (including phenoxy) is 2. The fourth-order valence-corrected chi connectivity index (χ4v) is 2.43. The summed E-state index contributed by atoms with van der Waals surface area (Å²) in [5.41, 5.74) is 7.64. The molecular weight excluding hydrogens is 389 g/mol. The van der Waals surface area contributed by atoms with Crippen molar-refractivity contribution in [2.75, 3.05) is 11.1 Å². The Bertz CT molecular complexity index is 995. The Labute approximate surface area is 173 Å². The van der Waals surface area contributed by atoms with Gasteiger partial charge in [-0.1, -0.05) is 12.1 Å². The highest BCUT2D eigenvalue weighted by atomic mass is 19.1. The molecule has 0 saturated heterocycles. The van der Waals surface area contributed by atoms with Crippen molar-refractivity contribution in [3.05, 3.63) is 71.3 Å². The highest BCUT2D eigenvalue weighted by Crippen LogP contribution is 2.15. The molecule has 0 aliphatic heterocycles. The number of hydrogen-bond acceptors (Lipinski definition) is 8. The molecule has 3 aromatic rings. The molecule has 0 bridgehead atoms. The lowest BCUT2D eigenvalue weighted by atomic mass is 10.1. The molecule has 0 aliphatic rings. The van der Waals surface area contributed by atoms with Crippen LogP contribution >= 0.6 is 0 Å². The number of rotatable bonds is 8. The summed E-state index contributed by atoms with van der Waals surface area (Å²) in [6, 6.07) is 12.6. The van der Waals surface area contributed by atoms with E-state index < -0.39 is 5.97 Å². The number of carbonyl (C=O) groups excluding carboxylic acids is 1. The Balaban J connectivity index is 1.60. The number of benzene rings is 2. The zero-order valence-electron chi connectivity index (χ0n) is 16.6. The fourth-order valence-electron chi connectivity index (χ4n) is 2.43. The third-order valence-electron chi connectivity index (χ3n) is 3.90. The van der Waals surface area contributed by atoms with Crippen LogP contribution < -0.4 is 11.1 Å². The number of nitrogens with two attached hydrogens (primary N) is 1. The van der Waals surface area contributed by atoms with Gasteiger partial charge in [0, 0.05) is 5.69 Å². The zero-order chi connectivity index (χ0) is 21.5. The van der Waals surface area contributed by atoms with E-state index in [4.69, 9.17) is 15.2 Å². The average molecular weight is 411 g/mol. The molecule has 0 aliphatic carbocycles. The van der Waals surface area contributed by atoms with E-state index in [0.29, 0.717) is 17.9 Å². The van der Waals surface area contributed by atoms with Crippen LogP contribution in [-0.2, 0) is 22.7 Å². The van der Waals surface area contributed by atoms with Crippen molar-refractivity contribution < 1.29 is 18.7 Å². The van der Waals surface area contributed by atoms with Crippen molar-refractivity contribution >= 4 is 23.6 Å². The van der Waals surface area contributed by atoms with Gasteiger partial charge in [-0.2, -0.15) is 15.0 Å². The SMILES string of the molecule is CC(C)OCc1ccc(C(=O)OCc2nc(N)nc(Nc3ccc(F)cc3)n2)cc1. The van der Waals surface area contributed by atoms with Crippen LogP contribution in [0, 0.1) is 5.82 Å². The minimum absolute atomic E-state index is 0.0323. The predicted molar refractivity (Wildman–Crippen MR) is 109 cm³/mol. The summed E-state index contributed by atoms with van der Waals surface area (Å²) >= 11 is 0. The number of nitrogen functional groups attached to an aromatic ring is 1. The first-order valence-corrected chi connectivity index (χ1v) is 9.30. The van der Waals surface area contributed by atoms with Crippen LogP contribution in [0.5, 0.6) is 0 Å². The first-order chi connectivity index (χ1) is 14.4. The smallest absolute Gasteiger partial charge is 0.338 e. The summed E-state index contributed by atoms with van der Waals surface area (Å²) in [6.07, 6.45) is 0.130. The van der Waals surface area contributed by atoms with Crippen molar-refractivity contribution in [3.8, 4) is 0 Å². The van der Waals surface area contributed by atoms with Crippen LogP contribution in [0.2, 0.25) is 0 Å². The quantitative estimate of drug-likeness (QED) is 0.541. The molecule has 3 N–H and O–H groups in total. The molecule has 156 valence electrons. The molecular formula is C21H22FN5O3. The van der Waals surface area contributed by atoms with E-state index in [2.05, 4.69) is 20.3 Å². The van der Waals surface area contributed by atoms with E-state index in [1.807, 2.05) is 26.0 Å². The van der Waals surface area contributed by atoms with Crippen molar-refractivity contribution in [2.45, 2.75) is 33.2 Å². The van der Waals surface area contributed by atoms with Gasteiger partial charge in [0.25, 0.3) is 0 Å². The monoisotopic (exact) mass is 411 g/mol. The average Bonchev–Trinajstić information content (AvgIpc) is 2.72. The summed E-state index contributed by atoms with van der Waals surface area (Å²) in [7, 11) is 0. The normalized spacial score (nSPS) is 10.8. The molecule has 0 amide bonds. The standard InChI is InChI=1S/C21H22FN5O3/c1-13(2)29-11-14-3-5-15(6-4-14)19(28)30-12-18-25-20(23)27-21(26-18)24-17-9-7-16(22)8-10-17/h3-10,13H,11-12H2,1-2H3,(H3,23,24,25,26,27). The van der Waals surface area contributed by atoms with Crippen LogP contribution in [0.3, 0.4) is 0 Å². The minimum atomic E-state index is -0.515. The second kappa shape index (κ2) is 9.75. The van der Waals surface area contributed by atoms with Crippen molar-refractivity contribution in [1.82, 2.24) is 15.0 Å². The third-order valence-corrected chi connectivity index (χ3v) is 3.90. The van der Waals surface area contributed by atoms with Gasteiger partial charge < -0.3 is 20.5 Å². The fraction of sp³-hybridized carbons (Fsp3) is 0.238. The highest BCUT2D eigenvalue weighted by Gasteiger charge is 2.11. The minimum Gasteiger partial charge on any atom is -0.454 e. The van der Waals surface area contributed by atoms with E-state index in [9.17, 15) is 9.18 Å². The Morgan fingerprint density at radius 1 is 1.03 bits per heavy atom. The lowest BCUT2D eigenvalue weighted by Crippen LogP contribution is -2.11. The van der Waals surface area contributed by atoms with E-state index in [0.717, 1.165) is 5.56 Å². The number of nitrogens with zero attached hydrogens (tertiary/aromatic N) is 3. The molecule has 0 saturated carbocycles. The molecule has 8 nitrogen and oxygen atoms in total. The lowest BCUT2D eigenvalue weighted by molar-refractivity contribution is 0.0461. The molecule has 0 radical (unpaired) electrons. The van der Waals surface area contributed by atoms with Gasteiger partial charge in [0.1, 0.15) is 5.82 Å². The van der Waals surface area contributed by atoms with E-state index in [1.54, 1.807) is 12.1 Å². The molecule has 3 rings (SSSR count). The second-order valence-corrected chi connectivity index (χ2v) is 6.70. The van der Waals surface area contributed by atoms with Crippen LogP contribution in [0.4, 0.5) is 22.0 Å². The van der Waals surface area contributed by atoms with Gasteiger partial charge in [-0.25, -0.2) is 9.18 Å². The van der Waals surface area contributed by atoms with Crippen molar-refractivity contribution in [2.24, 2.45) is 0 Å². The van der Waals surface area contributed by atoms with Crippen molar-refractivity contribution in [3.63, 3.8) is 0 Å². The topological polar surface area (TPSA) is 112 Å². The van der Waals surface area contributed by atoms with Crippen LogP contribution in [-0.4, -0.2) is 27.0 Å². The molecule has 2 aromatic carbocycles. The molecule has 0 spiro atoms. The lowest BCUT2D eigenvalue weighted by Gasteiger charge is -2.09. The maximum Gasteiger partial charge on any atom is 0.338 e. The second-order valence-electron chi connectivity index (χ2n) is 6.70. The molecule has 9 heteroatoms. The number of halogens is 1. The van der Waals surface area contributed by atoms with E-state index >= 15 is 0 Å². The van der Waals surface area contributed by atoms with Gasteiger partial charge >= 0.3 is 5.97 Å². The number of carbonyl (C=O) groups is 1. The summed E-state index contributed by atoms with van der Waals surface area (Å²) in [6.45, 7) is 4.21. The van der Waals surface area contributed by atoms with Gasteiger partial charge in [-0.05, 0) is 55.8 Å². The Kier molecular flexibility index (Phi) is 6.87. The van der Waals surface area contributed by atoms with Crippen LogP contribution in [0.25, 0.3) is 0 Å². The Hall–Kier alpha value is -3.59. The first-order valence-electron chi connectivity index (χ1n) is 9.30. The molecule has 1 aromatic heterocycles. The molecule has 1 heterocycles. The van der Waals surface area contributed by atoms with Crippen molar-refractivity contribution in [1.29, 1.82) is 0 Å². The van der Waals surface area contributed by atoms with Crippen LogP contribution in [0.15, 0.2) is 48.5 Å². The van der Waals surface area contributed by atoms with Crippen LogP contribution in [0.1, 0.15) is 35.6 Å². The largest absolute Gasteiger partial charge is 0.454 e. The maximum atomic E-state index is 13.0. The summed E-state index contributed by atoms with van der Waals surface area (Å²) < 4.78 is 23.8. The van der Waals surface area contributed by atoms with Gasteiger partial charge in [0.05, 0.1) is 18.3 Å². The van der Waals surface area contributed by atoms with Gasteiger partial charge in [-0.15, -0.1) is 0 Å². The Morgan fingerprint density at radius 2 is 1.73 bits per heavy atom. The van der Waals surface area contributed by atoms with E-state index in [-0.39, 0.29) is 36.2 Å². The maximum absolute atomic E-state index is 13.0. The first kappa shape index (κ1) is 21.1. The predicted octanol–water partition coefficient (Wildman–Crippen LogP) is 3.62. The third kappa shape index (κ3) is 6.21.